The molecule has 1 aromatic rings. The number of aliphatic carboxylic acids is 1. The first-order valence-corrected chi connectivity index (χ1v) is 9.41. The summed E-state index contributed by atoms with van der Waals surface area (Å²) in [6, 6.07) is 8.48. The first kappa shape index (κ1) is 20.4. The predicted octanol–water partition coefficient (Wildman–Crippen LogP) is 1.82. The van der Waals surface area contributed by atoms with Gasteiger partial charge >= 0.3 is 5.97 Å². The van der Waals surface area contributed by atoms with E-state index in [0.717, 1.165) is 26.1 Å². The van der Waals surface area contributed by atoms with Crippen molar-refractivity contribution in [1.82, 2.24) is 14.7 Å². The molecule has 1 fully saturated rings. The SMILES string of the molecule is CC[C@H](C)N(CC(=O)O)CC(=O)N1CCN(Cc2ccccc2C)CC1. The molecule has 1 aliphatic heterocycles. The van der Waals surface area contributed by atoms with Gasteiger partial charge in [0, 0.05) is 38.8 Å². The Labute approximate surface area is 156 Å². The Morgan fingerprint density at radius 2 is 1.81 bits per heavy atom. The molecular weight excluding hydrogens is 330 g/mol. The standard InChI is InChI=1S/C20H31N3O3/c1-4-17(3)23(15-20(25)26)14-19(24)22-11-9-21(10-12-22)13-18-8-6-5-7-16(18)2/h5-8,17H,4,9-15H2,1-3H3,(H,25,26)/t17-/m0/s1. The summed E-state index contributed by atoms with van der Waals surface area (Å²) >= 11 is 0. The molecule has 1 aliphatic rings. The lowest BCUT2D eigenvalue weighted by Gasteiger charge is -2.36. The van der Waals surface area contributed by atoms with Crippen molar-refractivity contribution in [2.75, 3.05) is 39.3 Å². The third-order valence-corrected chi connectivity index (χ3v) is 5.27. The fourth-order valence-electron chi connectivity index (χ4n) is 3.26. The lowest BCUT2D eigenvalue weighted by molar-refractivity contribution is -0.141. The van der Waals surface area contributed by atoms with Crippen LogP contribution >= 0.6 is 0 Å². The van der Waals surface area contributed by atoms with Crippen molar-refractivity contribution < 1.29 is 14.7 Å². The number of nitrogens with zero attached hydrogens (tertiary/aromatic N) is 3. The monoisotopic (exact) mass is 361 g/mol. The van der Waals surface area contributed by atoms with Crippen LogP contribution in [0.1, 0.15) is 31.4 Å². The molecule has 6 nitrogen and oxygen atoms in total. The van der Waals surface area contributed by atoms with Gasteiger partial charge in [-0.2, -0.15) is 0 Å². The summed E-state index contributed by atoms with van der Waals surface area (Å²) in [5, 5.41) is 9.08. The van der Waals surface area contributed by atoms with Crippen LogP contribution in [-0.4, -0.2) is 77.0 Å². The molecule has 1 N–H and O–H groups in total. The zero-order chi connectivity index (χ0) is 19.1. The molecular formula is C20H31N3O3. The van der Waals surface area contributed by atoms with Crippen molar-refractivity contribution in [2.24, 2.45) is 0 Å². The van der Waals surface area contributed by atoms with Gasteiger partial charge in [0.1, 0.15) is 0 Å². The lowest BCUT2D eigenvalue weighted by atomic mass is 10.1. The number of hydrogen-bond donors (Lipinski definition) is 1. The van der Waals surface area contributed by atoms with Crippen LogP contribution in [0.2, 0.25) is 0 Å². The molecule has 0 bridgehead atoms. The maximum absolute atomic E-state index is 12.6. The fourth-order valence-corrected chi connectivity index (χ4v) is 3.26. The highest BCUT2D eigenvalue weighted by Gasteiger charge is 2.25. The molecule has 1 atom stereocenters. The van der Waals surface area contributed by atoms with Crippen molar-refractivity contribution >= 4 is 11.9 Å². The third-order valence-electron chi connectivity index (χ3n) is 5.27. The summed E-state index contributed by atoms with van der Waals surface area (Å²) in [6.45, 7) is 10.2. The topological polar surface area (TPSA) is 64.1 Å². The van der Waals surface area contributed by atoms with Gasteiger partial charge < -0.3 is 10.0 Å². The molecule has 2 rings (SSSR count). The number of carbonyl (C=O) groups excluding carboxylic acids is 1. The number of hydrogen-bond acceptors (Lipinski definition) is 4. The van der Waals surface area contributed by atoms with Crippen LogP contribution in [0, 0.1) is 6.92 Å². The van der Waals surface area contributed by atoms with E-state index >= 15 is 0 Å². The summed E-state index contributed by atoms with van der Waals surface area (Å²) in [7, 11) is 0. The molecule has 0 radical (unpaired) electrons. The lowest BCUT2D eigenvalue weighted by Crippen LogP contribution is -2.52. The molecule has 1 heterocycles. The molecule has 6 heteroatoms. The molecule has 0 aromatic heterocycles. The smallest absolute Gasteiger partial charge is 0.317 e. The second kappa shape index (κ2) is 9.69. The number of benzene rings is 1. The van der Waals surface area contributed by atoms with E-state index in [4.69, 9.17) is 5.11 Å². The van der Waals surface area contributed by atoms with Crippen molar-refractivity contribution in [2.45, 2.75) is 39.8 Å². The molecule has 0 aliphatic carbocycles. The van der Waals surface area contributed by atoms with E-state index in [2.05, 4.69) is 36.1 Å². The Balaban J connectivity index is 1.85. The second-order valence-corrected chi connectivity index (χ2v) is 7.14. The Bertz CT molecular complexity index is 612. The Morgan fingerprint density at radius 1 is 1.15 bits per heavy atom. The van der Waals surface area contributed by atoms with Crippen molar-refractivity contribution in [1.29, 1.82) is 0 Å². The first-order valence-electron chi connectivity index (χ1n) is 9.41. The maximum Gasteiger partial charge on any atom is 0.317 e. The van der Waals surface area contributed by atoms with Gasteiger partial charge in [0.25, 0.3) is 0 Å². The van der Waals surface area contributed by atoms with Gasteiger partial charge in [-0.15, -0.1) is 0 Å². The minimum Gasteiger partial charge on any atom is -0.480 e. The normalized spacial score (nSPS) is 16.7. The number of amides is 1. The van der Waals surface area contributed by atoms with Crippen molar-refractivity contribution in [3.8, 4) is 0 Å². The summed E-state index contributed by atoms with van der Waals surface area (Å²) in [5.41, 5.74) is 2.63. The van der Waals surface area contributed by atoms with Crippen LogP contribution in [0.15, 0.2) is 24.3 Å². The zero-order valence-corrected chi connectivity index (χ0v) is 16.1. The fraction of sp³-hybridized carbons (Fsp3) is 0.600. The highest BCUT2D eigenvalue weighted by molar-refractivity contribution is 5.79. The van der Waals surface area contributed by atoms with Gasteiger partial charge in [0.05, 0.1) is 13.1 Å². The summed E-state index contributed by atoms with van der Waals surface area (Å²) in [6.07, 6.45) is 0.824. The van der Waals surface area contributed by atoms with E-state index in [1.54, 1.807) is 4.90 Å². The van der Waals surface area contributed by atoms with E-state index < -0.39 is 5.97 Å². The molecule has 26 heavy (non-hydrogen) atoms. The van der Waals surface area contributed by atoms with Crippen LogP contribution in [-0.2, 0) is 16.1 Å². The highest BCUT2D eigenvalue weighted by Crippen LogP contribution is 2.13. The maximum atomic E-state index is 12.6. The predicted molar refractivity (Wildman–Crippen MR) is 102 cm³/mol. The van der Waals surface area contributed by atoms with Crippen LogP contribution in [0.4, 0.5) is 0 Å². The van der Waals surface area contributed by atoms with Gasteiger partial charge in [-0.05, 0) is 31.4 Å². The highest BCUT2D eigenvalue weighted by atomic mass is 16.4. The number of carboxylic acid groups (broad SMARTS) is 1. The van der Waals surface area contributed by atoms with Crippen LogP contribution in [0.25, 0.3) is 0 Å². The van der Waals surface area contributed by atoms with Crippen molar-refractivity contribution in [3.05, 3.63) is 35.4 Å². The van der Waals surface area contributed by atoms with Gasteiger partial charge in [-0.3, -0.25) is 19.4 Å². The van der Waals surface area contributed by atoms with Crippen LogP contribution in [0.5, 0.6) is 0 Å². The quantitative estimate of drug-likeness (QED) is 0.765. The first-order chi connectivity index (χ1) is 12.4. The minimum atomic E-state index is -0.888. The van der Waals surface area contributed by atoms with Crippen LogP contribution < -0.4 is 0 Å². The molecule has 0 spiro atoms. The number of carbonyl (C=O) groups is 2. The summed E-state index contributed by atoms with van der Waals surface area (Å²) in [4.78, 5) is 29.7. The number of rotatable bonds is 8. The van der Waals surface area contributed by atoms with Gasteiger partial charge in [-0.25, -0.2) is 0 Å². The molecule has 144 valence electrons. The van der Waals surface area contributed by atoms with E-state index in [0.29, 0.717) is 13.1 Å². The second-order valence-electron chi connectivity index (χ2n) is 7.14. The van der Waals surface area contributed by atoms with Gasteiger partial charge in [0.2, 0.25) is 5.91 Å². The van der Waals surface area contributed by atoms with E-state index in [-0.39, 0.29) is 25.0 Å². The molecule has 1 saturated heterocycles. The average Bonchev–Trinajstić information content (AvgIpc) is 2.62. The Morgan fingerprint density at radius 3 is 2.38 bits per heavy atom. The van der Waals surface area contributed by atoms with E-state index in [1.165, 1.54) is 11.1 Å². The van der Waals surface area contributed by atoms with Crippen LogP contribution in [0.3, 0.4) is 0 Å². The number of aryl methyl sites for hydroxylation is 1. The molecule has 1 amide bonds. The average molecular weight is 361 g/mol. The molecule has 0 unspecified atom stereocenters. The van der Waals surface area contributed by atoms with Gasteiger partial charge in [-0.1, -0.05) is 31.2 Å². The third kappa shape index (κ3) is 5.81. The molecule has 1 aromatic carbocycles. The minimum absolute atomic E-state index is 0.0297. The zero-order valence-electron chi connectivity index (χ0n) is 16.1. The van der Waals surface area contributed by atoms with E-state index in [9.17, 15) is 9.59 Å². The summed E-state index contributed by atoms with van der Waals surface area (Å²) in [5.74, 6) is -0.858. The number of carboxylic acids is 1. The largest absolute Gasteiger partial charge is 0.480 e. The van der Waals surface area contributed by atoms with E-state index in [1.807, 2.05) is 18.7 Å². The Kier molecular flexibility index (Phi) is 7.60. The Hall–Kier alpha value is -1.92. The number of piperazine rings is 1. The molecule has 0 saturated carbocycles. The van der Waals surface area contributed by atoms with Crippen molar-refractivity contribution in [3.63, 3.8) is 0 Å². The van der Waals surface area contributed by atoms with Gasteiger partial charge in [0.15, 0.2) is 0 Å². The summed E-state index contributed by atoms with van der Waals surface area (Å²) < 4.78 is 0.